The molecule has 0 aromatic carbocycles. The molecule has 1 aliphatic rings. The highest BCUT2D eigenvalue weighted by atomic mass is 16.3. The van der Waals surface area contributed by atoms with Crippen LogP contribution in [-0.4, -0.2) is 18.0 Å². The van der Waals surface area contributed by atoms with Crippen LogP contribution in [0.15, 0.2) is 16.7 Å². The largest absolute Gasteiger partial charge is 0.468 e. The van der Waals surface area contributed by atoms with Gasteiger partial charge in [-0.05, 0) is 44.3 Å². The fraction of sp³-hybridized carbons (Fsp3) is 0.733. The summed E-state index contributed by atoms with van der Waals surface area (Å²) in [7, 11) is 0. The van der Waals surface area contributed by atoms with E-state index in [1.807, 2.05) is 0 Å². The molecular weight excluding hydrogens is 224 g/mol. The summed E-state index contributed by atoms with van der Waals surface area (Å²) < 4.78 is 5.55. The van der Waals surface area contributed by atoms with Crippen LogP contribution in [0, 0.1) is 5.92 Å². The summed E-state index contributed by atoms with van der Waals surface area (Å²) in [5.41, 5.74) is 6.70. The zero-order chi connectivity index (χ0) is 12.8. The predicted octanol–water partition coefficient (Wildman–Crippen LogP) is 3.14. The molecule has 3 nitrogen and oxygen atoms in total. The van der Waals surface area contributed by atoms with Crippen molar-refractivity contribution in [1.29, 1.82) is 0 Å². The first-order chi connectivity index (χ1) is 8.81. The van der Waals surface area contributed by atoms with E-state index in [1.165, 1.54) is 45.2 Å². The van der Waals surface area contributed by atoms with Crippen LogP contribution in [0.5, 0.6) is 0 Å². The molecule has 1 saturated heterocycles. The van der Waals surface area contributed by atoms with Gasteiger partial charge in [0.2, 0.25) is 0 Å². The highest BCUT2D eigenvalue weighted by Crippen LogP contribution is 2.23. The van der Waals surface area contributed by atoms with Crippen LogP contribution < -0.4 is 5.73 Å². The first kappa shape index (κ1) is 13.6. The Morgan fingerprint density at radius 3 is 3.00 bits per heavy atom. The minimum Gasteiger partial charge on any atom is -0.468 e. The Morgan fingerprint density at radius 2 is 2.28 bits per heavy atom. The maximum absolute atomic E-state index is 5.60. The van der Waals surface area contributed by atoms with Crippen LogP contribution in [0.25, 0.3) is 0 Å². The summed E-state index contributed by atoms with van der Waals surface area (Å²) in [5, 5.41) is 0. The van der Waals surface area contributed by atoms with Gasteiger partial charge in [-0.3, -0.25) is 4.90 Å². The fourth-order valence-electron chi connectivity index (χ4n) is 2.92. The Hall–Kier alpha value is -0.800. The van der Waals surface area contributed by atoms with Crippen LogP contribution in [0.4, 0.5) is 0 Å². The molecule has 2 heterocycles. The third-order valence-electron chi connectivity index (χ3n) is 3.96. The maximum atomic E-state index is 5.60. The molecule has 18 heavy (non-hydrogen) atoms. The van der Waals surface area contributed by atoms with Crippen molar-refractivity contribution in [2.75, 3.05) is 13.1 Å². The summed E-state index contributed by atoms with van der Waals surface area (Å²) in [6.07, 6.45) is 8.58. The first-order valence-corrected chi connectivity index (χ1v) is 7.30. The number of nitrogens with two attached hydrogens (primary N) is 1. The fourth-order valence-corrected chi connectivity index (χ4v) is 2.92. The second-order valence-electron chi connectivity index (χ2n) is 5.49. The lowest BCUT2D eigenvalue weighted by molar-refractivity contribution is 0.249. The summed E-state index contributed by atoms with van der Waals surface area (Å²) >= 11 is 0. The standard InChI is InChI=1S/C15H26N2O/c1-2-4-13-5-3-7-17(8-6-13)11-15-9-14(10-16)12-18-15/h9,12-13H,2-8,10-11,16H2,1H3. The van der Waals surface area contributed by atoms with Crippen molar-refractivity contribution in [2.45, 2.75) is 52.1 Å². The van der Waals surface area contributed by atoms with Gasteiger partial charge in [0.05, 0.1) is 12.8 Å². The van der Waals surface area contributed by atoms with Crippen molar-refractivity contribution in [3.63, 3.8) is 0 Å². The molecule has 0 amide bonds. The summed E-state index contributed by atoms with van der Waals surface area (Å²) in [6, 6.07) is 2.09. The van der Waals surface area contributed by atoms with Crippen LogP contribution in [0.1, 0.15) is 50.4 Å². The number of furan rings is 1. The molecule has 2 N–H and O–H groups in total. The molecule has 1 unspecified atom stereocenters. The Bertz CT molecular complexity index is 348. The lowest BCUT2D eigenvalue weighted by atomic mass is 9.96. The van der Waals surface area contributed by atoms with Crippen molar-refractivity contribution in [3.05, 3.63) is 23.7 Å². The number of nitrogens with zero attached hydrogens (tertiary/aromatic N) is 1. The highest BCUT2D eigenvalue weighted by molar-refractivity contribution is 5.12. The predicted molar refractivity (Wildman–Crippen MR) is 74.1 cm³/mol. The second-order valence-corrected chi connectivity index (χ2v) is 5.49. The van der Waals surface area contributed by atoms with E-state index >= 15 is 0 Å². The van der Waals surface area contributed by atoms with Gasteiger partial charge in [0, 0.05) is 12.1 Å². The Kier molecular flexibility index (Phi) is 5.26. The smallest absolute Gasteiger partial charge is 0.118 e. The lowest BCUT2D eigenvalue weighted by Crippen LogP contribution is -2.24. The van der Waals surface area contributed by atoms with E-state index in [0.29, 0.717) is 6.54 Å². The first-order valence-electron chi connectivity index (χ1n) is 7.30. The SMILES string of the molecule is CCCC1CCCN(Cc2cc(CN)co2)CC1. The Morgan fingerprint density at radius 1 is 1.39 bits per heavy atom. The molecule has 1 aliphatic heterocycles. The van der Waals surface area contributed by atoms with E-state index in [9.17, 15) is 0 Å². The summed E-state index contributed by atoms with van der Waals surface area (Å²) in [4.78, 5) is 2.52. The van der Waals surface area contributed by atoms with Crippen molar-refractivity contribution in [2.24, 2.45) is 11.7 Å². The number of hydrogen-bond donors (Lipinski definition) is 1. The lowest BCUT2D eigenvalue weighted by Gasteiger charge is -2.18. The molecule has 1 aromatic heterocycles. The Balaban J connectivity index is 1.82. The van der Waals surface area contributed by atoms with Gasteiger partial charge in [0.25, 0.3) is 0 Å². The van der Waals surface area contributed by atoms with Gasteiger partial charge < -0.3 is 10.2 Å². The van der Waals surface area contributed by atoms with Crippen LogP contribution >= 0.6 is 0 Å². The molecular formula is C15H26N2O. The van der Waals surface area contributed by atoms with E-state index in [0.717, 1.165) is 23.8 Å². The van der Waals surface area contributed by atoms with Crippen molar-refractivity contribution in [3.8, 4) is 0 Å². The van der Waals surface area contributed by atoms with Gasteiger partial charge in [-0.25, -0.2) is 0 Å². The van der Waals surface area contributed by atoms with Gasteiger partial charge >= 0.3 is 0 Å². The van der Waals surface area contributed by atoms with Crippen LogP contribution in [0.3, 0.4) is 0 Å². The monoisotopic (exact) mass is 250 g/mol. The average Bonchev–Trinajstić information content (AvgIpc) is 2.71. The molecule has 0 radical (unpaired) electrons. The van der Waals surface area contributed by atoms with Crippen LogP contribution in [-0.2, 0) is 13.1 Å². The molecule has 0 aliphatic carbocycles. The Labute approximate surface area is 110 Å². The number of likely N-dealkylation sites (tertiary alicyclic amines) is 1. The molecule has 0 spiro atoms. The normalized spacial score (nSPS) is 22.0. The van der Waals surface area contributed by atoms with Gasteiger partial charge in [0.1, 0.15) is 5.76 Å². The molecule has 1 aromatic rings. The molecule has 2 rings (SSSR count). The molecule has 1 atom stereocenters. The number of rotatable bonds is 5. The highest BCUT2D eigenvalue weighted by Gasteiger charge is 2.17. The molecule has 1 fully saturated rings. The zero-order valence-corrected chi connectivity index (χ0v) is 11.5. The van der Waals surface area contributed by atoms with Crippen LogP contribution in [0.2, 0.25) is 0 Å². The maximum Gasteiger partial charge on any atom is 0.118 e. The van der Waals surface area contributed by atoms with Crippen molar-refractivity contribution < 1.29 is 4.42 Å². The van der Waals surface area contributed by atoms with E-state index in [2.05, 4.69) is 17.9 Å². The van der Waals surface area contributed by atoms with Gasteiger partial charge in [-0.15, -0.1) is 0 Å². The molecule has 0 bridgehead atoms. The van der Waals surface area contributed by atoms with Gasteiger partial charge in [-0.1, -0.05) is 19.8 Å². The number of hydrogen-bond acceptors (Lipinski definition) is 3. The van der Waals surface area contributed by atoms with Crippen molar-refractivity contribution >= 4 is 0 Å². The van der Waals surface area contributed by atoms with E-state index in [1.54, 1.807) is 6.26 Å². The minimum atomic E-state index is 0.572. The topological polar surface area (TPSA) is 42.4 Å². The van der Waals surface area contributed by atoms with Crippen molar-refractivity contribution in [1.82, 2.24) is 4.90 Å². The van der Waals surface area contributed by atoms with E-state index < -0.39 is 0 Å². The quantitative estimate of drug-likeness (QED) is 0.873. The molecule has 102 valence electrons. The molecule has 3 heteroatoms. The third kappa shape index (κ3) is 3.85. The van der Waals surface area contributed by atoms with E-state index in [-0.39, 0.29) is 0 Å². The second kappa shape index (κ2) is 6.95. The molecule has 0 saturated carbocycles. The van der Waals surface area contributed by atoms with Gasteiger partial charge in [0.15, 0.2) is 0 Å². The minimum absolute atomic E-state index is 0.572. The van der Waals surface area contributed by atoms with E-state index in [4.69, 9.17) is 10.2 Å². The zero-order valence-electron chi connectivity index (χ0n) is 11.5. The summed E-state index contributed by atoms with van der Waals surface area (Å²) in [5.74, 6) is 2.00. The average molecular weight is 250 g/mol. The third-order valence-corrected chi connectivity index (χ3v) is 3.96. The van der Waals surface area contributed by atoms with Gasteiger partial charge in [-0.2, -0.15) is 0 Å². The summed E-state index contributed by atoms with van der Waals surface area (Å²) in [6.45, 7) is 6.23.